The van der Waals surface area contributed by atoms with Crippen molar-refractivity contribution < 1.29 is 9.18 Å². The molecule has 0 unspecified atom stereocenters. The van der Waals surface area contributed by atoms with Gasteiger partial charge in [-0.2, -0.15) is 0 Å². The highest BCUT2D eigenvalue weighted by Gasteiger charge is 2.11. The molecular weight excluding hydrogens is 333 g/mol. The van der Waals surface area contributed by atoms with Crippen molar-refractivity contribution in [1.29, 1.82) is 0 Å². The lowest BCUT2D eigenvalue weighted by Crippen LogP contribution is -2.34. The molecule has 0 aliphatic carbocycles. The van der Waals surface area contributed by atoms with Crippen molar-refractivity contribution in [2.24, 2.45) is 0 Å². The zero-order valence-electron chi connectivity index (χ0n) is 12.1. The van der Waals surface area contributed by atoms with Crippen LogP contribution in [0.25, 0.3) is 10.2 Å². The summed E-state index contributed by atoms with van der Waals surface area (Å²) in [6.45, 7) is 1.85. The molecule has 0 saturated heterocycles. The minimum atomic E-state index is -0.317. The third-order valence-corrected chi connectivity index (χ3v) is 4.33. The number of aromatic nitrogens is 1. The zero-order chi connectivity index (χ0) is 16.4. The van der Waals surface area contributed by atoms with Gasteiger partial charge in [0.1, 0.15) is 5.82 Å². The topological polar surface area (TPSA) is 54.0 Å². The van der Waals surface area contributed by atoms with E-state index in [0.717, 1.165) is 5.56 Å². The molecule has 0 radical (unpaired) electrons. The lowest BCUT2D eigenvalue weighted by atomic mass is 10.1. The first-order valence-corrected chi connectivity index (χ1v) is 7.99. The summed E-state index contributed by atoms with van der Waals surface area (Å²) >= 11 is 6.40. The van der Waals surface area contributed by atoms with E-state index in [1.807, 2.05) is 19.1 Å². The van der Waals surface area contributed by atoms with Crippen molar-refractivity contribution in [3.05, 3.63) is 59.4 Å². The average molecular weight is 345 g/mol. The van der Waals surface area contributed by atoms with Crippen LogP contribution in [0.1, 0.15) is 15.9 Å². The van der Waals surface area contributed by atoms with E-state index in [9.17, 15) is 9.18 Å². The maximum Gasteiger partial charge on any atom is 0.257 e. The number of thiazole rings is 1. The molecule has 3 rings (SSSR count). The summed E-state index contributed by atoms with van der Waals surface area (Å²) in [4.78, 5) is 16.5. The number of carbonyl (C=O) groups excluding carboxylic acids is 1. The van der Waals surface area contributed by atoms with Gasteiger partial charge in [-0.25, -0.2) is 9.37 Å². The number of amides is 1. The normalized spacial score (nSPS) is 10.5. The van der Waals surface area contributed by atoms with Gasteiger partial charge in [0.05, 0.1) is 10.2 Å². The van der Waals surface area contributed by atoms with Gasteiger partial charge in [-0.15, -0.1) is 0 Å². The van der Waals surface area contributed by atoms with Crippen LogP contribution in [0.15, 0.2) is 42.5 Å². The first-order chi connectivity index (χ1) is 11.0. The second-order valence-corrected chi connectivity index (χ2v) is 6.29. The number of carbonyl (C=O) groups is 1. The van der Waals surface area contributed by atoms with Crippen LogP contribution in [-0.4, -0.2) is 16.0 Å². The summed E-state index contributed by atoms with van der Waals surface area (Å²) in [7, 11) is 0. The number of aryl methyl sites for hydroxylation is 1. The summed E-state index contributed by atoms with van der Waals surface area (Å²) in [6, 6.07) is 11.6. The molecule has 1 heterocycles. The Morgan fingerprint density at radius 2 is 2.04 bits per heavy atom. The maximum absolute atomic E-state index is 13.2. The van der Waals surface area contributed by atoms with Crippen LogP contribution >= 0.6 is 23.6 Å². The fraction of sp³-hybridized carbons (Fsp3) is 0.0625. The minimum absolute atomic E-state index is 0.151. The second-order valence-electron chi connectivity index (χ2n) is 4.85. The Bertz CT molecular complexity index is 907. The van der Waals surface area contributed by atoms with Crippen LogP contribution in [0.3, 0.4) is 0 Å². The average Bonchev–Trinajstić information content (AvgIpc) is 2.88. The molecular formula is C16H12FN3OS2. The number of nitrogens with one attached hydrogen (secondary N) is 2. The molecule has 0 aliphatic rings. The number of thiocarbonyl (C=S) groups is 1. The SMILES string of the molecule is Cc1ccccc1C(=O)NC(=S)Nc1nc2ccc(F)cc2s1. The van der Waals surface area contributed by atoms with Crippen LogP contribution in [0.4, 0.5) is 9.52 Å². The molecule has 1 amide bonds. The van der Waals surface area contributed by atoms with Crippen molar-refractivity contribution in [3.8, 4) is 0 Å². The number of hydrogen-bond donors (Lipinski definition) is 2. The molecule has 7 heteroatoms. The lowest BCUT2D eigenvalue weighted by Gasteiger charge is -2.08. The smallest absolute Gasteiger partial charge is 0.257 e. The Labute approximate surface area is 141 Å². The lowest BCUT2D eigenvalue weighted by molar-refractivity contribution is 0.0977. The van der Waals surface area contributed by atoms with Crippen molar-refractivity contribution in [1.82, 2.24) is 10.3 Å². The number of anilines is 1. The number of rotatable bonds is 2. The first kappa shape index (κ1) is 15.5. The van der Waals surface area contributed by atoms with E-state index >= 15 is 0 Å². The van der Waals surface area contributed by atoms with Crippen molar-refractivity contribution in [2.75, 3.05) is 5.32 Å². The van der Waals surface area contributed by atoms with Gasteiger partial charge in [0, 0.05) is 5.56 Å². The Morgan fingerprint density at radius 3 is 2.83 bits per heavy atom. The van der Waals surface area contributed by atoms with Gasteiger partial charge < -0.3 is 5.32 Å². The quantitative estimate of drug-likeness (QED) is 0.692. The Hall–Kier alpha value is -2.38. The molecule has 3 aromatic rings. The molecule has 0 aliphatic heterocycles. The first-order valence-electron chi connectivity index (χ1n) is 6.77. The van der Waals surface area contributed by atoms with E-state index in [1.165, 1.54) is 23.5 Å². The molecule has 1 aromatic heterocycles. The predicted octanol–water partition coefficient (Wildman–Crippen LogP) is 3.87. The van der Waals surface area contributed by atoms with Crippen molar-refractivity contribution in [3.63, 3.8) is 0 Å². The third kappa shape index (κ3) is 3.52. The van der Waals surface area contributed by atoms with Gasteiger partial charge in [-0.05, 0) is 49.0 Å². The number of benzene rings is 2. The van der Waals surface area contributed by atoms with E-state index < -0.39 is 0 Å². The van der Waals surface area contributed by atoms with Gasteiger partial charge in [0.25, 0.3) is 5.91 Å². The second kappa shape index (κ2) is 6.39. The van der Waals surface area contributed by atoms with Crippen molar-refractivity contribution >= 4 is 49.9 Å². The summed E-state index contributed by atoms with van der Waals surface area (Å²) in [5.41, 5.74) is 2.10. The van der Waals surface area contributed by atoms with Gasteiger partial charge in [0.15, 0.2) is 10.2 Å². The van der Waals surface area contributed by atoms with E-state index in [4.69, 9.17) is 12.2 Å². The molecule has 2 aromatic carbocycles. The predicted molar refractivity (Wildman–Crippen MR) is 94.4 cm³/mol. The summed E-state index contributed by atoms with van der Waals surface area (Å²) in [6.07, 6.45) is 0. The maximum atomic E-state index is 13.2. The van der Waals surface area contributed by atoms with Crippen molar-refractivity contribution in [2.45, 2.75) is 6.92 Å². The van der Waals surface area contributed by atoms with Gasteiger partial charge >= 0.3 is 0 Å². The van der Waals surface area contributed by atoms with Crippen LogP contribution < -0.4 is 10.6 Å². The van der Waals surface area contributed by atoms with E-state index in [0.29, 0.717) is 20.9 Å². The Kier molecular flexibility index (Phi) is 4.31. The van der Waals surface area contributed by atoms with Gasteiger partial charge in [-0.3, -0.25) is 10.1 Å². The number of nitrogens with zero attached hydrogens (tertiary/aromatic N) is 1. The monoisotopic (exact) mass is 345 g/mol. The molecule has 0 saturated carbocycles. The number of hydrogen-bond acceptors (Lipinski definition) is 4. The van der Waals surface area contributed by atoms with Gasteiger partial charge in [0.2, 0.25) is 0 Å². The van der Waals surface area contributed by atoms with Crippen LogP contribution in [0.5, 0.6) is 0 Å². The summed E-state index contributed by atoms with van der Waals surface area (Å²) < 4.78 is 13.9. The molecule has 23 heavy (non-hydrogen) atoms. The largest absolute Gasteiger partial charge is 0.308 e. The van der Waals surface area contributed by atoms with Crippen LogP contribution in [0, 0.1) is 12.7 Å². The molecule has 0 fully saturated rings. The molecule has 4 nitrogen and oxygen atoms in total. The third-order valence-electron chi connectivity index (χ3n) is 3.19. The fourth-order valence-corrected chi connectivity index (χ4v) is 3.23. The Balaban J connectivity index is 1.71. The molecule has 2 N–H and O–H groups in total. The standard InChI is InChI=1S/C16H12FN3OS2/c1-9-4-2-3-5-11(9)14(21)19-15(22)20-16-18-12-7-6-10(17)8-13(12)23-16/h2-8H,1H3,(H2,18,19,20,21,22). The summed E-state index contributed by atoms with van der Waals surface area (Å²) in [5, 5.41) is 6.12. The minimum Gasteiger partial charge on any atom is -0.308 e. The van der Waals surface area contributed by atoms with Gasteiger partial charge in [-0.1, -0.05) is 29.5 Å². The van der Waals surface area contributed by atoms with E-state index in [2.05, 4.69) is 15.6 Å². The molecule has 0 atom stereocenters. The summed E-state index contributed by atoms with van der Waals surface area (Å²) in [5.74, 6) is -0.601. The van der Waals surface area contributed by atoms with Crippen LogP contribution in [0.2, 0.25) is 0 Å². The van der Waals surface area contributed by atoms with E-state index in [-0.39, 0.29) is 16.8 Å². The number of fused-ring (bicyclic) bond motifs is 1. The highest BCUT2D eigenvalue weighted by atomic mass is 32.1. The zero-order valence-corrected chi connectivity index (χ0v) is 13.7. The number of halogens is 1. The Morgan fingerprint density at radius 1 is 1.26 bits per heavy atom. The molecule has 0 spiro atoms. The fourth-order valence-electron chi connectivity index (χ4n) is 2.08. The highest BCUT2D eigenvalue weighted by Crippen LogP contribution is 2.26. The molecule has 116 valence electrons. The highest BCUT2D eigenvalue weighted by molar-refractivity contribution is 7.80. The molecule has 0 bridgehead atoms. The van der Waals surface area contributed by atoms with E-state index in [1.54, 1.807) is 18.2 Å². The van der Waals surface area contributed by atoms with Crippen LogP contribution in [-0.2, 0) is 0 Å².